The largest absolute Gasteiger partial charge is 0.393 e. The first-order valence-corrected chi connectivity index (χ1v) is 5.01. The molecule has 0 unspecified atom stereocenters. The first kappa shape index (κ1) is 9.19. The summed E-state index contributed by atoms with van der Waals surface area (Å²) in [6, 6.07) is 0.526. The van der Waals surface area contributed by atoms with Gasteiger partial charge in [0.25, 0.3) is 0 Å². The van der Waals surface area contributed by atoms with Crippen LogP contribution in [0, 0.1) is 0 Å². The highest BCUT2D eigenvalue weighted by Crippen LogP contribution is 2.19. The minimum absolute atomic E-state index is 0.0610. The van der Waals surface area contributed by atoms with Crippen LogP contribution in [0.2, 0.25) is 0 Å². The van der Waals surface area contributed by atoms with Crippen molar-refractivity contribution in [2.75, 3.05) is 19.8 Å². The summed E-state index contributed by atoms with van der Waals surface area (Å²) in [5.41, 5.74) is 1.35. The Balaban J connectivity index is 1.64. The fraction of sp³-hybridized carbons (Fsp3) is 0.800. The molecule has 1 heterocycles. The summed E-state index contributed by atoms with van der Waals surface area (Å²) in [7, 11) is 0. The van der Waals surface area contributed by atoms with Gasteiger partial charge in [-0.15, -0.1) is 0 Å². The fourth-order valence-corrected chi connectivity index (χ4v) is 1.76. The summed E-state index contributed by atoms with van der Waals surface area (Å²) in [5, 5.41) is 12.5. The van der Waals surface area contributed by atoms with Gasteiger partial charge in [-0.2, -0.15) is 0 Å². The Hall–Kier alpha value is -0.380. The smallest absolute Gasteiger partial charge is 0.0689 e. The van der Waals surface area contributed by atoms with E-state index in [0.717, 1.165) is 39.0 Å². The third-order valence-corrected chi connectivity index (χ3v) is 2.71. The molecule has 13 heavy (non-hydrogen) atoms. The predicted molar refractivity (Wildman–Crippen MR) is 50.6 cm³/mol. The number of aliphatic hydroxyl groups is 1. The van der Waals surface area contributed by atoms with E-state index in [1.807, 2.05) is 0 Å². The van der Waals surface area contributed by atoms with Crippen molar-refractivity contribution in [2.24, 2.45) is 0 Å². The van der Waals surface area contributed by atoms with Crippen LogP contribution in [0.4, 0.5) is 0 Å². The molecule has 3 nitrogen and oxygen atoms in total. The van der Waals surface area contributed by atoms with Crippen LogP contribution in [-0.2, 0) is 4.74 Å². The van der Waals surface area contributed by atoms with Crippen molar-refractivity contribution < 1.29 is 9.84 Å². The van der Waals surface area contributed by atoms with Gasteiger partial charge in [0.05, 0.1) is 19.3 Å². The molecule has 2 rings (SSSR count). The second kappa shape index (κ2) is 4.22. The van der Waals surface area contributed by atoms with Crippen molar-refractivity contribution in [3.8, 4) is 0 Å². The van der Waals surface area contributed by atoms with Crippen LogP contribution < -0.4 is 5.32 Å². The van der Waals surface area contributed by atoms with E-state index in [4.69, 9.17) is 9.84 Å². The van der Waals surface area contributed by atoms with Gasteiger partial charge in [-0.1, -0.05) is 6.08 Å². The average Bonchev–Trinajstić information content (AvgIpc) is 2.12. The molecule has 0 aromatic heterocycles. The predicted octanol–water partition coefficient (Wildman–Crippen LogP) is 0.446. The van der Waals surface area contributed by atoms with Gasteiger partial charge in [0.15, 0.2) is 0 Å². The molecule has 0 saturated heterocycles. The van der Waals surface area contributed by atoms with Crippen molar-refractivity contribution in [1.82, 2.24) is 5.32 Å². The average molecular weight is 183 g/mol. The molecular weight excluding hydrogens is 166 g/mol. The SMILES string of the molecule is OC1CC(NCC2=CCCOC2)C1. The highest BCUT2D eigenvalue weighted by Gasteiger charge is 2.26. The third kappa shape index (κ3) is 2.53. The van der Waals surface area contributed by atoms with Crippen molar-refractivity contribution >= 4 is 0 Å². The Bertz CT molecular complexity index is 197. The summed E-state index contributed by atoms with van der Waals surface area (Å²) < 4.78 is 5.33. The lowest BCUT2D eigenvalue weighted by Crippen LogP contribution is -2.45. The summed E-state index contributed by atoms with van der Waals surface area (Å²) in [6.45, 7) is 2.57. The molecule has 1 fully saturated rings. The van der Waals surface area contributed by atoms with Gasteiger partial charge in [-0.3, -0.25) is 0 Å². The molecule has 1 aliphatic heterocycles. The minimum atomic E-state index is -0.0610. The van der Waals surface area contributed by atoms with E-state index in [1.54, 1.807) is 0 Å². The van der Waals surface area contributed by atoms with Crippen molar-refractivity contribution in [3.05, 3.63) is 11.6 Å². The minimum Gasteiger partial charge on any atom is -0.393 e. The maximum Gasteiger partial charge on any atom is 0.0689 e. The van der Waals surface area contributed by atoms with Crippen molar-refractivity contribution in [2.45, 2.75) is 31.4 Å². The Kier molecular flexibility index (Phi) is 2.98. The van der Waals surface area contributed by atoms with Gasteiger partial charge in [0.2, 0.25) is 0 Å². The van der Waals surface area contributed by atoms with Crippen LogP contribution >= 0.6 is 0 Å². The number of hydrogen-bond donors (Lipinski definition) is 2. The van der Waals surface area contributed by atoms with E-state index in [2.05, 4.69) is 11.4 Å². The van der Waals surface area contributed by atoms with E-state index in [9.17, 15) is 0 Å². The van der Waals surface area contributed by atoms with Gasteiger partial charge >= 0.3 is 0 Å². The molecule has 1 saturated carbocycles. The van der Waals surface area contributed by atoms with Crippen LogP contribution in [0.15, 0.2) is 11.6 Å². The summed E-state index contributed by atoms with van der Waals surface area (Å²) >= 11 is 0. The molecule has 3 heteroatoms. The maximum atomic E-state index is 9.08. The van der Waals surface area contributed by atoms with Gasteiger partial charge < -0.3 is 15.2 Å². The Labute approximate surface area is 78.8 Å². The van der Waals surface area contributed by atoms with Crippen LogP contribution in [0.1, 0.15) is 19.3 Å². The molecule has 74 valence electrons. The summed E-state index contributed by atoms with van der Waals surface area (Å²) in [5.74, 6) is 0. The number of rotatable bonds is 3. The monoisotopic (exact) mass is 183 g/mol. The van der Waals surface area contributed by atoms with Gasteiger partial charge in [0.1, 0.15) is 0 Å². The molecule has 0 bridgehead atoms. The normalized spacial score (nSPS) is 33.8. The Morgan fingerprint density at radius 2 is 2.38 bits per heavy atom. The molecule has 0 radical (unpaired) electrons. The van der Waals surface area contributed by atoms with Crippen LogP contribution in [0.25, 0.3) is 0 Å². The van der Waals surface area contributed by atoms with Crippen molar-refractivity contribution in [1.29, 1.82) is 0 Å². The zero-order valence-electron chi connectivity index (χ0n) is 7.83. The Morgan fingerprint density at radius 1 is 1.54 bits per heavy atom. The highest BCUT2D eigenvalue weighted by molar-refractivity contribution is 5.07. The van der Waals surface area contributed by atoms with E-state index in [1.165, 1.54) is 5.57 Å². The van der Waals surface area contributed by atoms with Gasteiger partial charge in [0, 0.05) is 12.6 Å². The molecule has 0 atom stereocenters. The quantitative estimate of drug-likeness (QED) is 0.624. The second-order valence-electron chi connectivity index (χ2n) is 3.91. The standard InChI is InChI=1S/C10H17NO2/c12-10-4-9(5-10)11-6-8-2-1-3-13-7-8/h2,9-12H,1,3-7H2. The lowest BCUT2D eigenvalue weighted by molar-refractivity contribution is 0.0629. The zero-order chi connectivity index (χ0) is 9.10. The number of ether oxygens (including phenoxy) is 1. The first-order valence-electron chi connectivity index (χ1n) is 5.01. The van der Waals surface area contributed by atoms with Gasteiger partial charge in [-0.25, -0.2) is 0 Å². The summed E-state index contributed by atoms with van der Waals surface area (Å²) in [4.78, 5) is 0. The molecule has 2 aliphatic rings. The fourth-order valence-electron chi connectivity index (χ4n) is 1.76. The molecular formula is C10H17NO2. The molecule has 1 aliphatic carbocycles. The summed E-state index contributed by atoms with van der Waals surface area (Å²) in [6.07, 6.45) is 5.06. The van der Waals surface area contributed by atoms with Crippen molar-refractivity contribution in [3.63, 3.8) is 0 Å². The highest BCUT2D eigenvalue weighted by atomic mass is 16.5. The zero-order valence-corrected chi connectivity index (χ0v) is 7.83. The Morgan fingerprint density at radius 3 is 3.00 bits per heavy atom. The van der Waals surface area contributed by atoms with E-state index in [0.29, 0.717) is 6.04 Å². The maximum absolute atomic E-state index is 9.08. The van der Waals surface area contributed by atoms with E-state index in [-0.39, 0.29) is 6.10 Å². The molecule has 0 aromatic rings. The molecule has 0 aromatic carbocycles. The molecule has 0 spiro atoms. The van der Waals surface area contributed by atoms with Crippen LogP contribution in [-0.4, -0.2) is 37.0 Å². The lowest BCUT2D eigenvalue weighted by atomic mass is 9.89. The van der Waals surface area contributed by atoms with Gasteiger partial charge in [-0.05, 0) is 24.8 Å². The number of hydrogen-bond acceptors (Lipinski definition) is 3. The third-order valence-electron chi connectivity index (χ3n) is 2.71. The molecule has 2 N–H and O–H groups in total. The lowest BCUT2D eigenvalue weighted by Gasteiger charge is -2.32. The van der Waals surface area contributed by atoms with Crippen LogP contribution in [0.3, 0.4) is 0 Å². The number of nitrogens with one attached hydrogen (secondary N) is 1. The van der Waals surface area contributed by atoms with E-state index < -0.39 is 0 Å². The topological polar surface area (TPSA) is 41.5 Å². The van der Waals surface area contributed by atoms with E-state index >= 15 is 0 Å². The molecule has 0 amide bonds. The van der Waals surface area contributed by atoms with Crippen LogP contribution in [0.5, 0.6) is 0 Å². The number of aliphatic hydroxyl groups excluding tert-OH is 1. The second-order valence-corrected chi connectivity index (χ2v) is 3.91. The first-order chi connectivity index (χ1) is 6.34.